The first-order valence-corrected chi connectivity index (χ1v) is 20.4. The normalized spacial score (nSPS) is 21.9. The fraction of sp³-hybridized carbons (Fsp3) is 0.192. The van der Waals surface area contributed by atoms with E-state index in [0.29, 0.717) is 17.9 Å². The highest BCUT2D eigenvalue weighted by molar-refractivity contribution is 5.95. The molecule has 1 fully saturated rings. The summed E-state index contributed by atoms with van der Waals surface area (Å²) < 4.78 is 2.57. The smallest absolute Gasteiger partial charge is 0.101 e. The van der Waals surface area contributed by atoms with Crippen LogP contribution in [0.3, 0.4) is 0 Å². The molecule has 0 amide bonds. The number of benzene rings is 4. The minimum atomic E-state index is -0.292. The van der Waals surface area contributed by atoms with Crippen LogP contribution in [0.5, 0.6) is 0 Å². The van der Waals surface area contributed by atoms with Gasteiger partial charge in [-0.05, 0) is 103 Å². The molecule has 5 aliphatic rings. The van der Waals surface area contributed by atoms with E-state index in [1.54, 1.807) is 0 Å². The van der Waals surface area contributed by atoms with Gasteiger partial charge in [-0.2, -0.15) is 0 Å². The summed E-state index contributed by atoms with van der Waals surface area (Å²) in [4.78, 5) is 2.60. The second-order valence-corrected chi connectivity index (χ2v) is 15.7. The maximum atomic E-state index is 6.75. The molecule has 4 aromatic carbocycles. The van der Waals surface area contributed by atoms with Crippen molar-refractivity contribution in [1.29, 1.82) is 0 Å². The summed E-state index contributed by atoms with van der Waals surface area (Å²) in [7, 11) is 0. The van der Waals surface area contributed by atoms with E-state index >= 15 is 0 Å². The van der Waals surface area contributed by atoms with E-state index < -0.39 is 0 Å². The lowest BCUT2D eigenvalue weighted by Crippen LogP contribution is -2.31. The summed E-state index contributed by atoms with van der Waals surface area (Å²) in [6.07, 6.45) is 29.5. The first-order valence-electron chi connectivity index (χ1n) is 20.4. The highest BCUT2D eigenvalue weighted by atomic mass is 15.2. The predicted octanol–water partition coefficient (Wildman–Crippen LogP) is 11.4. The zero-order valence-corrected chi connectivity index (χ0v) is 31.8. The molecule has 56 heavy (non-hydrogen) atoms. The van der Waals surface area contributed by atoms with E-state index in [1.807, 2.05) is 18.2 Å². The van der Waals surface area contributed by atoms with E-state index in [0.717, 1.165) is 49.8 Å². The lowest BCUT2D eigenvalue weighted by molar-refractivity contribution is 0.490. The summed E-state index contributed by atoms with van der Waals surface area (Å²) in [5, 5.41) is 5.02. The van der Waals surface area contributed by atoms with Crippen LogP contribution >= 0.6 is 0 Å². The third-order valence-electron chi connectivity index (χ3n) is 12.4. The summed E-state index contributed by atoms with van der Waals surface area (Å²) in [6, 6.07) is 41.3. The molecule has 0 spiro atoms. The Kier molecular flexibility index (Phi) is 9.13. The zero-order chi connectivity index (χ0) is 37.4. The molecule has 4 unspecified atom stereocenters. The van der Waals surface area contributed by atoms with Gasteiger partial charge >= 0.3 is 0 Å². The van der Waals surface area contributed by atoms with Crippen molar-refractivity contribution in [3.8, 4) is 0 Å². The number of hydrogen-bond donors (Lipinski definition) is 2. The second kappa shape index (κ2) is 14.9. The van der Waals surface area contributed by atoms with Crippen molar-refractivity contribution >= 4 is 28.4 Å². The van der Waals surface area contributed by atoms with Gasteiger partial charge in [0.25, 0.3) is 0 Å². The predicted molar refractivity (Wildman–Crippen MR) is 233 cm³/mol. The number of para-hydroxylation sites is 2. The molecule has 4 aliphatic carbocycles. The largest absolute Gasteiger partial charge is 0.366 e. The number of nitrogens with two attached hydrogens (primary N) is 1. The minimum absolute atomic E-state index is 0.292. The number of hydrogen-bond acceptors (Lipinski definition) is 3. The molecular formula is C52H48N4. The molecule has 0 radical (unpaired) electrons. The Bertz CT molecular complexity index is 2520. The maximum absolute atomic E-state index is 6.75. The minimum Gasteiger partial charge on any atom is -0.366 e. The molecular weight excluding hydrogens is 681 g/mol. The van der Waals surface area contributed by atoms with Crippen molar-refractivity contribution in [1.82, 2.24) is 9.88 Å². The summed E-state index contributed by atoms with van der Waals surface area (Å²) in [5.41, 5.74) is 22.5. The number of allylic oxidation sites excluding steroid dienone is 12. The molecule has 1 aliphatic heterocycles. The Balaban J connectivity index is 0.977. The van der Waals surface area contributed by atoms with Crippen molar-refractivity contribution in [2.24, 2.45) is 17.6 Å². The Labute approximate surface area is 330 Å². The van der Waals surface area contributed by atoms with Gasteiger partial charge in [-0.25, -0.2) is 0 Å². The van der Waals surface area contributed by atoms with Crippen molar-refractivity contribution in [3.63, 3.8) is 0 Å². The number of nitrogens with one attached hydrogen (secondary N) is 1. The molecule has 2 heterocycles. The number of fused-ring (bicyclic) bond motifs is 6. The fourth-order valence-electron chi connectivity index (χ4n) is 9.69. The highest BCUT2D eigenvalue weighted by Crippen LogP contribution is 2.49. The quantitative estimate of drug-likeness (QED) is 0.149. The first-order chi connectivity index (χ1) is 27.7. The van der Waals surface area contributed by atoms with Gasteiger partial charge < -0.3 is 20.5 Å². The molecule has 0 bridgehead atoms. The summed E-state index contributed by atoms with van der Waals surface area (Å²) >= 11 is 0. The van der Waals surface area contributed by atoms with E-state index in [-0.39, 0.29) is 6.17 Å². The molecule has 5 aromatic rings. The van der Waals surface area contributed by atoms with Gasteiger partial charge in [0, 0.05) is 51.3 Å². The van der Waals surface area contributed by atoms with Crippen molar-refractivity contribution in [2.45, 2.75) is 50.7 Å². The van der Waals surface area contributed by atoms with Crippen LogP contribution in [-0.2, 0) is 12.8 Å². The summed E-state index contributed by atoms with van der Waals surface area (Å²) in [5.74, 6) is 1.00. The fourth-order valence-corrected chi connectivity index (χ4v) is 9.69. The zero-order valence-electron chi connectivity index (χ0n) is 31.8. The van der Waals surface area contributed by atoms with Gasteiger partial charge in [-0.15, -0.1) is 0 Å². The average Bonchev–Trinajstić information content (AvgIpc) is 3.78. The van der Waals surface area contributed by atoms with E-state index in [1.165, 1.54) is 61.5 Å². The van der Waals surface area contributed by atoms with Gasteiger partial charge in [-0.3, -0.25) is 0 Å². The number of aromatic nitrogens is 1. The average molecular weight is 729 g/mol. The third kappa shape index (κ3) is 6.34. The molecule has 1 aromatic heterocycles. The lowest BCUT2D eigenvalue weighted by Gasteiger charge is -2.30. The first kappa shape index (κ1) is 34.4. The van der Waals surface area contributed by atoms with Gasteiger partial charge in [0.15, 0.2) is 0 Å². The molecule has 4 heteroatoms. The molecule has 10 rings (SSSR count). The molecule has 3 N–H and O–H groups in total. The molecule has 276 valence electrons. The van der Waals surface area contributed by atoms with Gasteiger partial charge in [-0.1, -0.05) is 140 Å². The van der Waals surface area contributed by atoms with Gasteiger partial charge in [0.05, 0.1) is 11.6 Å². The SMILES string of the molecule is NC(N/C(=C\Cc1ccccc1)C1=CC=C(n2c3c(c4ccccc42)C=C(C2=CC4C(C=C2)C2CC=CC=C2N4c2ccccc2)CC3)CC1)c1ccccc1. The van der Waals surface area contributed by atoms with Crippen LogP contribution in [0.15, 0.2) is 198 Å². The molecule has 0 saturated carbocycles. The maximum Gasteiger partial charge on any atom is 0.101 e. The van der Waals surface area contributed by atoms with Crippen LogP contribution in [0.2, 0.25) is 0 Å². The molecule has 4 atom stereocenters. The lowest BCUT2D eigenvalue weighted by atomic mass is 9.79. The Hall–Kier alpha value is -6.10. The molecule has 1 saturated heterocycles. The van der Waals surface area contributed by atoms with Gasteiger partial charge in [0.2, 0.25) is 0 Å². The van der Waals surface area contributed by atoms with Crippen LogP contribution < -0.4 is 16.0 Å². The van der Waals surface area contributed by atoms with Crippen LogP contribution in [0, 0.1) is 11.8 Å². The summed E-state index contributed by atoms with van der Waals surface area (Å²) in [6.45, 7) is 0. The number of nitrogens with zero attached hydrogens (tertiary/aromatic N) is 2. The number of rotatable bonds is 9. The van der Waals surface area contributed by atoms with Crippen molar-refractivity contribution in [3.05, 3.63) is 220 Å². The molecule has 4 nitrogen and oxygen atoms in total. The Morgan fingerprint density at radius 3 is 2.38 bits per heavy atom. The van der Waals surface area contributed by atoms with Gasteiger partial charge in [0.1, 0.15) is 6.17 Å². The van der Waals surface area contributed by atoms with Crippen molar-refractivity contribution in [2.75, 3.05) is 4.90 Å². The van der Waals surface area contributed by atoms with Crippen LogP contribution in [0.4, 0.5) is 5.69 Å². The van der Waals surface area contributed by atoms with E-state index in [4.69, 9.17) is 5.73 Å². The topological polar surface area (TPSA) is 46.2 Å². The monoisotopic (exact) mass is 728 g/mol. The van der Waals surface area contributed by atoms with Crippen LogP contribution in [0.1, 0.15) is 54.2 Å². The van der Waals surface area contributed by atoms with E-state index in [9.17, 15) is 0 Å². The number of anilines is 1. The Morgan fingerprint density at radius 2 is 1.57 bits per heavy atom. The third-order valence-corrected chi connectivity index (χ3v) is 12.4. The van der Waals surface area contributed by atoms with E-state index in [2.05, 4.69) is 173 Å². The van der Waals surface area contributed by atoms with Crippen LogP contribution in [-0.4, -0.2) is 10.6 Å². The second-order valence-electron chi connectivity index (χ2n) is 15.7. The van der Waals surface area contributed by atoms with Crippen LogP contribution in [0.25, 0.3) is 22.7 Å². The highest BCUT2D eigenvalue weighted by Gasteiger charge is 2.44. The Morgan fingerprint density at radius 1 is 0.804 bits per heavy atom. The van der Waals surface area contributed by atoms with Crippen molar-refractivity contribution < 1.29 is 0 Å². The standard InChI is InChI=1S/C52H48N4/c53-52(38-16-6-2-7-17-38)54-47(32-24-36-14-4-1-5-15-36)37-25-29-42(30-26-37)55-49-23-13-11-21-44(49)46-34-39(28-33-50(46)55)40-27-31-45-43-20-10-12-22-48(43)56(51(45)35-40)41-18-8-3-9-19-41/h1-19,21-23,25,27,29,31-32,34-35,43,45,51-52,54H,20,24,26,28,30,33,53H2/b47-32-.